The number of aliphatic hydroxyl groups excluding tert-OH is 1. The van der Waals surface area contributed by atoms with Gasteiger partial charge in [0.15, 0.2) is 0 Å². The second kappa shape index (κ2) is 8.58. The van der Waals surface area contributed by atoms with Crippen LogP contribution in [0.25, 0.3) is 0 Å². The number of carbonyl (C=O) groups is 1. The zero-order valence-electron chi connectivity index (χ0n) is 13.7. The van der Waals surface area contributed by atoms with Gasteiger partial charge in [0.05, 0.1) is 11.8 Å². The highest BCUT2D eigenvalue weighted by Gasteiger charge is 2.12. The number of anilines is 2. The first-order chi connectivity index (χ1) is 10.3. The molecule has 0 heterocycles. The Morgan fingerprint density at radius 3 is 2.64 bits per heavy atom. The molecule has 0 aliphatic heterocycles. The van der Waals surface area contributed by atoms with Gasteiger partial charge >= 0.3 is 6.03 Å². The number of benzene rings is 1. The average Bonchev–Trinajstić information content (AvgIpc) is 2.45. The van der Waals surface area contributed by atoms with Gasteiger partial charge in [-0.05, 0) is 38.5 Å². The maximum absolute atomic E-state index is 14.1. The first kappa shape index (κ1) is 18.2. The minimum atomic E-state index is -0.561. The number of rotatable bonds is 7. The van der Waals surface area contributed by atoms with E-state index in [4.69, 9.17) is 0 Å². The molecule has 0 aliphatic rings. The Morgan fingerprint density at radius 2 is 2.09 bits per heavy atom. The monoisotopic (exact) mass is 311 g/mol. The van der Waals surface area contributed by atoms with Crippen LogP contribution in [0.3, 0.4) is 0 Å². The Hall–Kier alpha value is -1.82. The number of nitrogens with zero attached hydrogens (tertiary/aromatic N) is 1. The summed E-state index contributed by atoms with van der Waals surface area (Å²) < 4.78 is 14.1. The summed E-state index contributed by atoms with van der Waals surface area (Å²) in [6.07, 6.45) is 0.917. The number of halogens is 1. The van der Waals surface area contributed by atoms with E-state index >= 15 is 0 Å². The van der Waals surface area contributed by atoms with E-state index in [1.165, 1.54) is 6.07 Å². The van der Waals surface area contributed by atoms with E-state index in [-0.39, 0.29) is 18.4 Å². The zero-order valence-corrected chi connectivity index (χ0v) is 13.7. The molecule has 6 heteroatoms. The van der Waals surface area contributed by atoms with Crippen LogP contribution in [0, 0.1) is 5.82 Å². The number of hydrogen-bond acceptors (Lipinski definition) is 3. The molecule has 0 aliphatic carbocycles. The van der Waals surface area contributed by atoms with Crippen molar-refractivity contribution in [3.63, 3.8) is 0 Å². The van der Waals surface area contributed by atoms with Gasteiger partial charge in [-0.1, -0.05) is 13.3 Å². The van der Waals surface area contributed by atoms with Gasteiger partial charge < -0.3 is 20.6 Å². The first-order valence-electron chi connectivity index (χ1n) is 7.60. The van der Waals surface area contributed by atoms with Gasteiger partial charge in [-0.25, -0.2) is 9.18 Å². The van der Waals surface area contributed by atoms with Crippen LogP contribution in [0.4, 0.5) is 20.6 Å². The molecule has 2 amide bonds. The summed E-state index contributed by atoms with van der Waals surface area (Å²) in [5, 5.41) is 14.7. The molecule has 1 unspecified atom stereocenters. The van der Waals surface area contributed by atoms with Gasteiger partial charge in [0.25, 0.3) is 0 Å². The fourth-order valence-corrected chi connectivity index (χ4v) is 1.97. The summed E-state index contributed by atoms with van der Waals surface area (Å²) in [4.78, 5) is 13.5. The Labute approximate surface area is 131 Å². The number of nitrogens with one attached hydrogen (secondary N) is 2. The highest BCUT2D eigenvalue weighted by molar-refractivity contribution is 5.89. The Kier molecular flexibility index (Phi) is 7.11. The minimum Gasteiger partial charge on any atom is -0.391 e. The average molecular weight is 311 g/mol. The van der Waals surface area contributed by atoms with E-state index in [2.05, 4.69) is 10.6 Å². The van der Waals surface area contributed by atoms with Crippen molar-refractivity contribution in [1.82, 2.24) is 5.32 Å². The summed E-state index contributed by atoms with van der Waals surface area (Å²) >= 11 is 0. The molecule has 0 fully saturated rings. The molecular formula is C16H26FN3O2. The van der Waals surface area contributed by atoms with Gasteiger partial charge in [0.2, 0.25) is 0 Å². The lowest BCUT2D eigenvalue weighted by atomic mass is 10.2. The van der Waals surface area contributed by atoms with E-state index in [1.54, 1.807) is 12.1 Å². The molecule has 0 bridgehead atoms. The van der Waals surface area contributed by atoms with Crippen LogP contribution in [0.15, 0.2) is 18.2 Å². The minimum absolute atomic E-state index is 0.177. The molecule has 124 valence electrons. The van der Waals surface area contributed by atoms with Crippen molar-refractivity contribution in [1.29, 1.82) is 0 Å². The predicted octanol–water partition coefficient (Wildman–Crippen LogP) is 2.95. The number of urea groups is 1. The first-order valence-corrected chi connectivity index (χ1v) is 7.60. The summed E-state index contributed by atoms with van der Waals surface area (Å²) in [5.41, 5.74) is 0.861. The van der Waals surface area contributed by atoms with Crippen molar-refractivity contribution in [3.8, 4) is 0 Å². The molecule has 1 atom stereocenters. The Bertz CT molecular complexity index is 494. The molecule has 0 saturated heterocycles. The van der Waals surface area contributed by atoms with Crippen molar-refractivity contribution in [3.05, 3.63) is 24.0 Å². The van der Waals surface area contributed by atoms with E-state index in [1.807, 2.05) is 32.7 Å². The third-order valence-electron chi connectivity index (χ3n) is 3.48. The summed E-state index contributed by atoms with van der Waals surface area (Å²) in [5.74, 6) is -0.389. The van der Waals surface area contributed by atoms with Crippen LogP contribution in [-0.2, 0) is 0 Å². The normalized spacial score (nSPS) is 12.1. The third-order valence-corrected chi connectivity index (χ3v) is 3.48. The molecule has 3 N–H and O–H groups in total. The zero-order chi connectivity index (χ0) is 16.7. The third kappa shape index (κ3) is 5.52. The molecule has 0 spiro atoms. The lowest BCUT2D eigenvalue weighted by Crippen LogP contribution is -2.35. The van der Waals surface area contributed by atoms with Crippen molar-refractivity contribution < 1.29 is 14.3 Å². The van der Waals surface area contributed by atoms with Gasteiger partial charge in [-0.3, -0.25) is 0 Å². The maximum Gasteiger partial charge on any atom is 0.319 e. The van der Waals surface area contributed by atoms with Gasteiger partial charge in [0.1, 0.15) is 5.82 Å². The van der Waals surface area contributed by atoms with Crippen LogP contribution < -0.4 is 15.5 Å². The molecule has 1 rings (SSSR count). The van der Waals surface area contributed by atoms with Crippen molar-refractivity contribution in [2.75, 3.05) is 23.8 Å². The topological polar surface area (TPSA) is 64.6 Å². The van der Waals surface area contributed by atoms with E-state index in [0.29, 0.717) is 17.8 Å². The molecule has 1 aromatic carbocycles. The summed E-state index contributed by atoms with van der Waals surface area (Å²) in [6.45, 7) is 6.08. The fourth-order valence-electron chi connectivity index (χ4n) is 1.97. The highest BCUT2D eigenvalue weighted by Crippen LogP contribution is 2.23. The lowest BCUT2D eigenvalue weighted by Gasteiger charge is -2.24. The Morgan fingerprint density at radius 1 is 1.41 bits per heavy atom. The summed E-state index contributed by atoms with van der Waals surface area (Å²) in [6, 6.07) is 4.29. The van der Waals surface area contributed by atoms with Crippen LogP contribution in [0.2, 0.25) is 0 Å². The van der Waals surface area contributed by atoms with Gasteiger partial charge in [-0.2, -0.15) is 0 Å². The van der Waals surface area contributed by atoms with Gasteiger partial charge in [0, 0.05) is 25.3 Å². The second-order valence-corrected chi connectivity index (χ2v) is 5.65. The molecule has 5 nitrogen and oxygen atoms in total. The van der Waals surface area contributed by atoms with Crippen LogP contribution in [-0.4, -0.2) is 36.9 Å². The largest absolute Gasteiger partial charge is 0.391 e. The number of amides is 2. The van der Waals surface area contributed by atoms with E-state index in [9.17, 15) is 14.3 Å². The molecule has 0 aromatic heterocycles. The van der Waals surface area contributed by atoms with E-state index in [0.717, 1.165) is 6.42 Å². The number of hydrogen-bond donors (Lipinski definition) is 3. The maximum atomic E-state index is 14.1. The SMILES string of the molecule is CCCC(O)CNC(=O)Nc1ccc(N(C)C(C)C)c(F)c1. The molecule has 1 aromatic rings. The molecule has 22 heavy (non-hydrogen) atoms. The van der Waals surface area contributed by atoms with Crippen molar-refractivity contribution in [2.45, 2.75) is 45.8 Å². The smallest absolute Gasteiger partial charge is 0.319 e. The molecule has 0 saturated carbocycles. The standard InChI is InChI=1S/C16H26FN3O2/c1-5-6-13(21)10-18-16(22)19-12-7-8-15(14(17)9-12)20(4)11(2)3/h7-9,11,13,21H,5-6,10H2,1-4H3,(H2,18,19,22). The van der Waals surface area contributed by atoms with E-state index < -0.39 is 12.1 Å². The number of aliphatic hydroxyl groups is 1. The van der Waals surface area contributed by atoms with Crippen LogP contribution in [0.5, 0.6) is 0 Å². The Balaban J connectivity index is 2.60. The quantitative estimate of drug-likeness (QED) is 0.725. The van der Waals surface area contributed by atoms with Crippen LogP contribution in [0.1, 0.15) is 33.6 Å². The number of carbonyl (C=O) groups excluding carboxylic acids is 1. The van der Waals surface area contributed by atoms with Crippen molar-refractivity contribution >= 4 is 17.4 Å². The second-order valence-electron chi connectivity index (χ2n) is 5.65. The lowest BCUT2D eigenvalue weighted by molar-refractivity contribution is 0.162. The fraction of sp³-hybridized carbons (Fsp3) is 0.562. The van der Waals surface area contributed by atoms with Gasteiger partial charge in [-0.15, -0.1) is 0 Å². The van der Waals surface area contributed by atoms with Crippen molar-refractivity contribution in [2.24, 2.45) is 0 Å². The van der Waals surface area contributed by atoms with Crippen LogP contribution >= 0.6 is 0 Å². The highest BCUT2D eigenvalue weighted by atomic mass is 19.1. The summed E-state index contributed by atoms with van der Waals surface area (Å²) in [7, 11) is 1.82. The molecular weight excluding hydrogens is 285 g/mol. The molecule has 0 radical (unpaired) electrons. The predicted molar refractivity (Wildman–Crippen MR) is 87.9 cm³/mol.